The number of imidazole rings is 1. The lowest BCUT2D eigenvalue weighted by atomic mass is 10.1. The second kappa shape index (κ2) is 6.90. The lowest BCUT2D eigenvalue weighted by Crippen LogP contribution is -1.98. The molecule has 4 aromatic rings. The summed E-state index contributed by atoms with van der Waals surface area (Å²) in [6.07, 6.45) is 3.88. The highest BCUT2D eigenvalue weighted by Gasteiger charge is 2.10. The number of hydrogen-bond acceptors (Lipinski definition) is 3. The van der Waals surface area contributed by atoms with E-state index in [1.54, 1.807) is 12.1 Å². The molecule has 0 amide bonds. The molecule has 130 valence electrons. The molecule has 0 spiro atoms. The number of hydrogen-bond donors (Lipinski definition) is 1. The summed E-state index contributed by atoms with van der Waals surface area (Å²) in [6, 6.07) is 16.8. The standard InChI is InChI=1S/C20H15Cl2N3O/c21-15-7-6-14(17(22)10-15)12-26-19-5-2-8-25-11-18(24-20(19)25)13-3-1-4-16(23)9-13/h1-11H,12,23H2. The zero-order valence-electron chi connectivity index (χ0n) is 13.7. The van der Waals surface area contributed by atoms with Crippen molar-refractivity contribution >= 4 is 34.5 Å². The Hall–Kier alpha value is -2.69. The molecule has 0 saturated carbocycles. The Labute approximate surface area is 160 Å². The van der Waals surface area contributed by atoms with Gasteiger partial charge in [-0.25, -0.2) is 4.98 Å². The molecule has 0 bridgehead atoms. The number of nitrogens with two attached hydrogens (primary N) is 1. The van der Waals surface area contributed by atoms with E-state index in [1.165, 1.54) is 0 Å². The maximum atomic E-state index is 6.22. The van der Waals surface area contributed by atoms with Crippen LogP contribution in [0.15, 0.2) is 67.0 Å². The van der Waals surface area contributed by atoms with Crippen molar-refractivity contribution < 1.29 is 4.74 Å². The first-order valence-electron chi connectivity index (χ1n) is 8.00. The third-order valence-electron chi connectivity index (χ3n) is 4.03. The summed E-state index contributed by atoms with van der Waals surface area (Å²) in [6.45, 7) is 0.330. The summed E-state index contributed by atoms with van der Waals surface area (Å²) < 4.78 is 7.89. The predicted octanol–water partition coefficient (Wildman–Crippen LogP) is 5.47. The van der Waals surface area contributed by atoms with E-state index in [9.17, 15) is 0 Å². The Morgan fingerprint density at radius 2 is 1.92 bits per heavy atom. The molecule has 2 aromatic heterocycles. The molecule has 2 heterocycles. The minimum atomic E-state index is 0.330. The molecule has 0 unspecified atom stereocenters. The molecule has 2 aromatic carbocycles. The Morgan fingerprint density at radius 3 is 2.73 bits per heavy atom. The number of pyridine rings is 1. The Morgan fingerprint density at radius 1 is 1.04 bits per heavy atom. The van der Waals surface area contributed by atoms with Crippen LogP contribution >= 0.6 is 23.2 Å². The fourth-order valence-corrected chi connectivity index (χ4v) is 3.19. The Balaban J connectivity index is 1.65. The van der Waals surface area contributed by atoms with Crippen LogP contribution in [0.1, 0.15) is 5.56 Å². The maximum absolute atomic E-state index is 6.22. The molecule has 4 nitrogen and oxygen atoms in total. The average molecular weight is 384 g/mol. The van der Waals surface area contributed by atoms with E-state index < -0.39 is 0 Å². The van der Waals surface area contributed by atoms with Gasteiger partial charge in [-0.3, -0.25) is 0 Å². The molecule has 26 heavy (non-hydrogen) atoms. The van der Waals surface area contributed by atoms with Crippen molar-refractivity contribution in [2.45, 2.75) is 6.61 Å². The number of ether oxygens (including phenoxy) is 1. The van der Waals surface area contributed by atoms with Crippen molar-refractivity contribution in [1.29, 1.82) is 0 Å². The van der Waals surface area contributed by atoms with E-state index in [0.717, 1.165) is 22.5 Å². The average Bonchev–Trinajstić information content (AvgIpc) is 3.06. The van der Waals surface area contributed by atoms with Gasteiger partial charge in [-0.15, -0.1) is 0 Å². The van der Waals surface area contributed by atoms with Crippen molar-refractivity contribution in [2.75, 3.05) is 5.73 Å². The van der Waals surface area contributed by atoms with E-state index in [1.807, 2.05) is 59.3 Å². The first-order chi connectivity index (χ1) is 12.6. The van der Waals surface area contributed by atoms with E-state index in [4.69, 9.17) is 38.7 Å². The normalized spacial score (nSPS) is 11.0. The van der Waals surface area contributed by atoms with Gasteiger partial charge in [-0.05, 0) is 36.4 Å². The number of nitrogen functional groups attached to an aromatic ring is 1. The van der Waals surface area contributed by atoms with E-state index in [2.05, 4.69) is 0 Å². The number of halogens is 2. The summed E-state index contributed by atoms with van der Waals surface area (Å²) in [5.41, 5.74) is 9.96. The minimum absolute atomic E-state index is 0.330. The largest absolute Gasteiger partial charge is 0.485 e. The van der Waals surface area contributed by atoms with Gasteiger partial charge in [0.25, 0.3) is 0 Å². The summed E-state index contributed by atoms with van der Waals surface area (Å²) in [5, 5.41) is 1.18. The summed E-state index contributed by atoms with van der Waals surface area (Å²) in [5.74, 6) is 0.675. The monoisotopic (exact) mass is 383 g/mol. The third-order valence-corrected chi connectivity index (χ3v) is 4.61. The second-order valence-electron chi connectivity index (χ2n) is 5.88. The van der Waals surface area contributed by atoms with Crippen LogP contribution in [0.3, 0.4) is 0 Å². The van der Waals surface area contributed by atoms with Gasteiger partial charge in [-0.2, -0.15) is 0 Å². The SMILES string of the molecule is Nc1cccc(-c2cn3cccc(OCc4ccc(Cl)cc4Cl)c3n2)c1. The molecule has 0 aliphatic carbocycles. The van der Waals surface area contributed by atoms with E-state index >= 15 is 0 Å². The van der Waals surface area contributed by atoms with Gasteiger partial charge in [0.05, 0.1) is 5.69 Å². The highest BCUT2D eigenvalue weighted by molar-refractivity contribution is 6.35. The minimum Gasteiger partial charge on any atom is -0.485 e. The van der Waals surface area contributed by atoms with Gasteiger partial charge in [-0.1, -0.05) is 41.4 Å². The smallest absolute Gasteiger partial charge is 0.180 e. The van der Waals surface area contributed by atoms with Crippen LogP contribution in [0.4, 0.5) is 5.69 Å². The molecule has 0 saturated heterocycles. The number of benzene rings is 2. The van der Waals surface area contributed by atoms with Gasteiger partial charge >= 0.3 is 0 Å². The molecule has 0 aliphatic rings. The van der Waals surface area contributed by atoms with Gasteiger partial charge in [0, 0.05) is 39.3 Å². The van der Waals surface area contributed by atoms with Crippen LogP contribution in [0.5, 0.6) is 5.75 Å². The lowest BCUT2D eigenvalue weighted by molar-refractivity contribution is 0.308. The topological polar surface area (TPSA) is 52.5 Å². The summed E-state index contributed by atoms with van der Waals surface area (Å²) in [4.78, 5) is 4.70. The highest BCUT2D eigenvalue weighted by Crippen LogP contribution is 2.27. The maximum Gasteiger partial charge on any atom is 0.180 e. The fourth-order valence-electron chi connectivity index (χ4n) is 2.73. The first kappa shape index (κ1) is 16.8. The molecule has 0 radical (unpaired) electrons. The van der Waals surface area contributed by atoms with Crippen LogP contribution in [0, 0.1) is 0 Å². The van der Waals surface area contributed by atoms with E-state index in [0.29, 0.717) is 28.1 Å². The molecule has 6 heteroatoms. The molecule has 4 rings (SSSR count). The molecule has 0 atom stereocenters. The van der Waals surface area contributed by atoms with Crippen LogP contribution in [0.25, 0.3) is 16.9 Å². The van der Waals surface area contributed by atoms with Crippen molar-refractivity contribution in [1.82, 2.24) is 9.38 Å². The quantitative estimate of drug-likeness (QED) is 0.475. The number of rotatable bonds is 4. The predicted molar refractivity (Wildman–Crippen MR) is 106 cm³/mol. The number of anilines is 1. The summed E-state index contributed by atoms with van der Waals surface area (Å²) >= 11 is 12.2. The molecular weight excluding hydrogens is 369 g/mol. The van der Waals surface area contributed by atoms with Crippen molar-refractivity contribution in [2.24, 2.45) is 0 Å². The zero-order chi connectivity index (χ0) is 18.1. The van der Waals surface area contributed by atoms with Crippen LogP contribution in [-0.2, 0) is 6.61 Å². The Kier molecular flexibility index (Phi) is 4.45. The number of nitrogens with zero attached hydrogens (tertiary/aromatic N) is 2. The lowest BCUT2D eigenvalue weighted by Gasteiger charge is -2.09. The van der Waals surface area contributed by atoms with Crippen LogP contribution in [-0.4, -0.2) is 9.38 Å². The number of aromatic nitrogens is 2. The van der Waals surface area contributed by atoms with Crippen molar-refractivity contribution in [3.05, 3.63) is 82.6 Å². The fraction of sp³-hybridized carbons (Fsp3) is 0.0500. The number of fused-ring (bicyclic) bond motifs is 1. The third kappa shape index (κ3) is 3.34. The zero-order valence-corrected chi connectivity index (χ0v) is 15.2. The van der Waals surface area contributed by atoms with Gasteiger partial charge in [0.2, 0.25) is 0 Å². The Bertz CT molecular complexity index is 1090. The van der Waals surface area contributed by atoms with Crippen molar-refractivity contribution in [3.8, 4) is 17.0 Å². The van der Waals surface area contributed by atoms with Gasteiger partial charge < -0.3 is 14.9 Å². The first-order valence-corrected chi connectivity index (χ1v) is 8.76. The van der Waals surface area contributed by atoms with Gasteiger partial charge in [0.1, 0.15) is 6.61 Å². The van der Waals surface area contributed by atoms with Crippen LogP contribution in [0.2, 0.25) is 10.0 Å². The summed E-state index contributed by atoms with van der Waals surface area (Å²) in [7, 11) is 0. The molecule has 0 fully saturated rings. The second-order valence-corrected chi connectivity index (χ2v) is 6.72. The van der Waals surface area contributed by atoms with E-state index in [-0.39, 0.29) is 0 Å². The van der Waals surface area contributed by atoms with Gasteiger partial charge in [0.15, 0.2) is 11.4 Å². The molecule has 2 N–H and O–H groups in total. The van der Waals surface area contributed by atoms with Crippen LogP contribution < -0.4 is 10.5 Å². The highest BCUT2D eigenvalue weighted by atomic mass is 35.5. The molecular formula is C20H15Cl2N3O. The van der Waals surface area contributed by atoms with Crippen molar-refractivity contribution in [3.63, 3.8) is 0 Å². The molecule has 0 aliphatic heterocycles.